The molecule has 0 amide bonds. The van der Waals surface area contributed by atoms with E-state index in [0.717, 1.165) is 18.7 Å². The Morgan fingerprint density at radius 3 is 2.62 bits per heavy atom. The molecule has 2 rings (SSSR count). The van der Waals surface area contributed by atoms with Crippen molar-refractivity contribution < 1.29 is 9.90 Å². The molecule has 0 bridgehead atoms. The van der Waals surface area contributed by atoms with Crippen LogP contribution in [0.25, 0.3) is 0 Å². The minimum atomic E-state index is -0.739. The van der Waals surface area contributed by atoms with Crippen LogP contribution in [0, 0.1) is 0 Å². The minimum Gasteiger partial charge on any atom is -0.481 e. The van der Waals surface area contributed by atoms with Crippen LogP contribution in [0.15, 0.2) is 24.5 Å². The summed E-state index contributed by atoms with van der Waals surface area (Å²) in [5, 5.41) is 12.6. The standard InChI is InChI=1S/C11H14N2O2.ClH/c14-10(15)11(3-6-12-7-4-11)9-2-1-5-13-8-9;/h1-2,5,8,12H,3-4,6-7H2,(H,14,15);1H. The number of carboxylic acid groups (broad SMARTS) is 1. The molecule has 0 atom stereocenters. The second-order valence-corrected chi connectivity index (χ2v) is 3.88. The number of aliphatic carboxylic acids is 1. The molecule has 2 heterocycles. The monoisotopic (exact) mass is 242 g/mol. The first-order valence-electron chi connectivity index (χ1n) is 5.10. The number of piperidine rings is 1. The summed E-state index contributed by atoms with van der Waals surface area (Å²) in [6.45, 7) is 1.50. The van der Waals surface area contributed by atoms with Crippen LogP contribution in [-0.2, 0) is 10.2 Å². The summed E-state index contributed by atoms with van der Waals surface area (Å²) in [7, 11) is 0. The summed E-state index contributed by atoms with van der Waals surface area (Å²) >= 11 is 0. The summed E-state index contributed by atoms with van der Waals surface area (Å²) in [5.41, 5.74) is 0.0819. The average Bonchev–Trinajstić information content (AvgIpc) is 2.31. The van der Waals surface area contributed by atoms with Crippen LogP contribution in [0.2, 0.25) is 0 Å². The Morgan fingerprint density at radius 1 is 1.44 bits per heavy atom. The van der Waals surface area contributed by atoms with Crippen LogP contribution in [0.4, 0.5) is 0 Å². The lowest BCUT2D eigenvalue weighted by molar-refractivity contribution is -0.145. The lowest BCUT2D eigenvalue weighted by Gasteiger charge is -2.33. The smallest absolute Gasteiger partial charge is 0.314 e. The molecule has 0 radical (unpaired) electrons. The van der Waals surface area contributed by atoms with Gasteiger partial charge in [0.1, 0.15) is 0 Å². The Kier molecular flexibility index (Phi) is 4.26. The van der Waals surface area contributed by atoms with Crippen LogP contribution in [-0.4, -0.2) is 29.1 Å². The van der Waals surface area contributed by atoms with Crippen LogP contribution < -0.4 is 5.32 Å². The highest BCUT2D eigenvalue weighted by molar-refractivity contribution is 5.85. The van der Waals surface area contributed by atoms with Crippen molar-refractivity contribution in [2.75, 3.05) is 13.1 Å². The van der Waals surface area contributed by atoms with Crippen molar-refractivity contribution in [1.82, 2.24) is 10.3 Å². The van der Waals surface area contributed by atoms with E-state index in [1.54, 1.807) is 18.5 Å². The molecule has 1 aromatic heterocycles. The van der Waals surface area contributed by atoms with Crippen molar-refractivity contribution in [3.8, 4) is 0 Å². The maximum atomic E-state index is 11.4. The Balaban J connectivity index is 0.00000128. The molecule has 0 unspecified atom stereocenters. The number of carbonyl (C=O) groups is 1. The van der Waals surface area contributed by atoms with Crippen molar-refractivity contribution in [1.29, 1.82) is 0 Å². The molecular weight excluding hydrogens is 228 g/mol. The number of nitrogens with one attached hydrogen (secondary N) is 1. The second kappa shape index (κ2) is 5.27. The van der Waals surface area contributed by atoms with Gasteiger partial charge < -0.3 is 10.4 Å². The number of pyridine rings is 1. The molecule has 1 aliphatic heterocycles. The van der Waals surface area contributed by atoms with E-state index >= 15 is 0 Å². The van der Waals surface area contributed by atoms with Gasteiger partial charge in [-0.05, 0) is 37.6 Å². The Morgan fingerprint density at radius 2 is 2.12 bits per heavy atom. The van der Waals surface area contributed by atoms with Crippen LogP contribution >= 0.6 is 12.4 Å². The van der Waals surface area contributed by atoms with Gasteiger partial charge in [-0.15, -0.1) is 12.4 Å². The summed E-state index contributed by atoms with van der Waals surface area (Å²) in [4.78, 5) is 15.4. The minimum absolute atomic E-state index is 0. The van der Waals surface area contributed by atoms with Gasteiger partial charge in [-0.3, -0.25) is 9.78 Å². The number of nitrogens with zero attached hydrogens (tertiary/aromatic N) is 1. The Hall–Kier alpha value is -1.13. The van der Waals surface area contributed by atoms with Crippen molar-refractivity contribution in [2.45, 2.75) is 18.3 Å². The lowest BCUT2D eigenvalue weighted by Crippen LogP contribution is -2.45. The zero-order valence-electron chi connectivity index (χ0n) is 8.85. The van der Waals surface area contributed by atoms with Crippen LogP contribution in [0.3, 0.4) is 0 Å². The average molecular weight is 243 g/mol. The van der Waals surface area contributed by atoms with E-state index in [2.05, 4.69) is 10.3 Å². The quantitative estimate of drug-likeness (QED) is 0.818. The zero-order valence-corrected chi connectivity index (χ0v) is 9.67. The summed E-state index contributed by atoms with van der Waals surface area (Å²) in [6, 6.07) is 3.65. The molecule has 1 aliphatic rings. The van der Waals surface area contributed by atoms with Gasteiger partial charge in [-0.2, -0.15) is 0 Å². The summed E-state index contributed by atoms with van der Waals surface area (Å²) in [5.74, 6) is -0.739. The highest BCUT2D eigenvalue weighted by atomic mass is 35.5. The number of rotatable bonds is 2. The van der Waals surface area contributed by atoms with Gasteiger partial charge in [0, 0.05) is 12.4 Å². The molecule has 0 saturated carbocycles. The molecule has 1 aromatic rings. The van der Waals surface area contributed by atoms with Crippen LogP contribution in [0.1, 0.15) is 18.4 Å². The van der Waals surface area contributed by atoms with Gasteiger partial charge >= 0.3 is 5.97 Å². The molecule has 1 fully saturated rings. The highest BCUT2D eigenvalue weighted by Gasteiger charge is 2.41. The van der Waals surface area contributed by atoms with Gasteiger partial charge in [0.05, 0.1) is 5.41 Å². The van der Waals surface area contributed by atoms with E-state index in [1.807, 2.05) is 6.07 Å². The molecule has 1 saturated heterocycles. The van der Waals surface area contributed by atoms with E-state index < -0.39 is 11.4 Å². The van der Waals surface area contributed by atoms with Gasteiger partial charge in [0.25, 0.3) is 0 Å². The number of carboxylic acids is 1. The third-order valence-electron chi connectivity index (χ3n) is 3.08. The van der Waals surface area contributed by atoms with E-state index in [0.29, 0.717) is 12.8 Å². The van der Waals surface area contributed by atoms with Gasteiger partial charge in [0.15, 0.2) is 0 Å². The lowest BCUT2D eigenvalue weighted by atomic mass is 9.74. The maximum Gasteiger partial charge on any atom is 0.314 e. The first-order chi connectivity index (χ1) is 7.26. The molecule has 0 aromatic carbocycles. The van der Waals surface area contributed by atoms with Gasteiger partial charge in [-0.25, -0.2) is 0 Å². The SMILES string of the molecule is Cl.O=C(O)C1(c2cccnc2)CCNCC1. The summed E-state index contributed by atoms with van der Waals surface area (Å²) < 4.78 is 0. The molecule has 2 N–H and O–H groups in total. The predicted molar refractivity (Wildman–Crippen MR) is 62.9 cm³/mol. The van der Waals surface area contributed by atoms with Crippen LogP contribution in [0.5, 0.6) is 0 Å². The van der Waals surface area contributed by atoms with Crippen molar-refractivity contribution in [3.63, 3.8) is 0 Å². The van der Waals surface area contributed by atoms with E-state index in [1.165, 1.54) is 0 Å². The molecular formula is C11H15ClN2O2. The number of halogens is 1. The molecule has 5 heteroatoms. The number of hydrogen-bond donors (Lipinski definition) is 2. The van der Waals surface area contributed by atoms with E-state index in [4.69, 9.17) is 0 Å². The largest absolute Gasteiger partial charge is 0.481 e. The number of aromatic nitrogens is 1. The first kappa shape index (κ1) is 12.9. The maximum absolute atomic E-state index is 11.4. The van der Waals surface area contributed by atoms with Crippen molar-refractivity contribution >= 4 is 18.4 Å². The van der Waals surface area contributed by atoms with Crippen molar-refractivity contribution in [2.24, 2.45) is 0 Å². The van der Waals surface area contributed by atoms with Gasteiger partial charge in [-0.1, -0.05) is 6.07 Å². The molecule has 0 spiro atoms. The molecule has 16 heavy (non-hydrogen) atoms. The molecule has 0 aliphatic carbocycles. The van der Waals surface area contributed by atoms with E-state index in [-0.39, 0.29) is 12.4 Å². The topological polar surface area (TPSA) is 62.2 Å². The predicted octanol–water partition coefficient (Wildman–Crippen LogP) is 1.21. The van der Waals surface area contributed by atoms with Gasteiger partial charge in [0.2, 0.25) is 0 Å². The fraction of sp³-hybridized carbons (Fsp3) is 0.455. The fourth-order valence-electron chi connectivity index (χ4n) is 2.13. The van der Waals surface area contributed by atoms with E-state index in [9.17, 15) is 9.90 Å². The third-order valence-corrected chi connectivity index (χ3v) is 3.08. The normalized spacial score (nSPS) is 18.5. The van der Waals surface area contributed by atoms with Crippen molar-refractivity contribution in [3.05, 3.63) is 30.1 Å². The second-order valence-electron chi connectivity index (χ2n) is 3.88. The Labute approximate surface area is 100 Å². The summed E-state index contributed by atoms with van der Waals surface area (Å²) in [6.07, 6.45) is 4.60. The fourth-order valence-corrected chi connectivity index (χ4v) is 2.13. The zero-order chi connectivity index (χ0) is 10.7. The number of hydrogen-bond acceptors (Lipinski definition) is 3. The first-order valence-corrected chi connectivity index (χ1v) is 5.10. The third kappa shape index (κ3) is 2.18. The molecule has 4 nitrogen and oxygen atoms in total. The highest BCUT2D eigenvalue weighted by Crippen LogP contribution is 2.33. The Bertz CT molecular complexity index is 350. The molecule has 88 valence electrons.